The molecule has 0 saturated heterocycles. The van der Waals surface area contributed by atoms with Crippen LogP contribution in [0.15, 0.2) is 24.3 Å². The normalized spacial score (nSPS) is 14.3. The standard InChI is InChI=1S/C14H20N2O2/c1-15-12-5-3-11(4-6-12)14(17)16(9-10-18-2)13-7-8-13/h3-6,13,15H,7-10H2,1-2H3. The Hall–Kier alpha value is -1.55. The molecule has 0 bridgehead atoms. The van der Waals surface area contributed by atoms with Crippen LogP contribution >= 0.6 is 0 Å². The minimum atomic E-state index is 0.109. The summed E-state index contributed by atoms with van der Waals surface area (Å²) in [5, 5.41) is 3.05. The smallest absolute Gasteiger partial charge is 0.254 e. The Morgan fingerprint density at radius 3 is 2.56 bits per heavy atom. The summed E-state index contributed by atoms with van der Waals surface area (Å²) in [7, 11) is 3.53. The van der Waals surface area contributed by atoms with Crippen molar-refractivity contribution in [3.63, 3.8) is 0 Å². The molecule has 0 heterocycles. The van der Waals surface area contributed by atoms with E-state index in [4.69, 9.17) is 4.74 Å². The molecule has 98 valence electrons. The molecule has 0 atom stereocenters. The number of hydrogen-bond acceptors (Lipinski definition) is 3. The van der Waals surface area contributed by atoms with Gasteiger partial charge in [0.15, 0.2) is 0 Å². The molecule has 1 aliphatic carbocycles. The van der Waals surface area contributed by atoms with E-state index in [1.54, 1.807) is 7.11 Å². The molecular weight excluding hydrogens is 228 g/mol. The quantitative estimate of drug-likeness (QED) is 0.837. The number of nitrogens with one attached hydrogen (secondary N) is 1. The number of carbonyl (C=O) groups is 1. The van der Waals surface area contributed by atoms with Gasteiger partial charge in [-0.15, -0.1) is 0 Å². The van der Waals surface area contributed by atoms with Gasteiger partial charge in [0.05, 0.1) is 6.61 Å². The van der Waals surface area contributed by atoms with Crippen molar-refractivity contribution in [1.82, 2.24) is 4.90 Å². The van der Waals surface area contributed by atoms with Crippen LogP contribution in [0.3, 0.4) is 0 Å². The van der Waals surface area contributed by atoms with Gasteiger partial charge in [-0.05, 0) is 37.1 Å². The number of hydrogen-bond donors (Lipinski definition) is 1. The van der Waals surface area contributed by atoms with Crippen molar-refractivity contribution in [2.45, 2.75) is 18.9 Å². The van der Waals surface area contributed by atoms with Crippen molar-refractivity contribution in [3.8, 4) is 0 Å². The van der Waals surface area contributed by atoms with E-state index in [9.17, 15) is 4.79 Å². The zero-order chi connectivity index (χ0) is 13.0. The Morgan fingerprint density at radius 1 is 1.39 bits per heavy atom. The van der Waals surface area contributed by atoms with Gasteiger partial charge in [0.1, 0.15) is 0 Å². The highest BCUT2D eigenvalue weighted by molar-refractivity contribution is 5.95. The lowest BCUT2D eigenvalue weighted by atomic mass is 10.1. The van der Waals surface area contributed by atoms with Crippen LogP contribution in [-0.4, -0.2) is 44.2 Å². The highest BCUT2D eigenvalue weighted by atomic mass is 16.5. The molecule has 0 unspecified atom stereocenters. The highest BCUT2D eigenvalue weighted by Crippen LogP contribution is 2.28. The number of carbonyl (C=O) groups excluding carboxylic acids is 1. The van der Waals surface area contributed by atoms with Crippen LogP contribution in [0.2, 0.25) is 0 Å². The second kappa shape index (κ2) is 5.87. The van der Waals surface area contributed by atoms with Gasteiger partial charge >= 0.3 is 0 Å². The summed E-state index contributed by atoms with van der Waals surface area (Å²) in [6.45, 7) is 1.27. The number of methoxy groups -OCH3 is 1. The minimum absolute atomic E-state index is 0.109. The van der Waals surface area contributed by atoms with Gasteiger partial charge in [-0.25, -0.2) is 0 Å². The summed E-state index contributed by atoms with van der Waals surface area (Å²) in [5.74, 6) is 0.109. The molecule has 1 aromatic rings. The molecule has 1 aromatic carbocycles. The van der Waals surface area contributed by atoms with Crippen LogP contribution in [0.1, 0.15) is 23.2 Å². The minimum Gasteiger partial charge on any atom is -0.388 e. The number of nitrogens with zero attached hydrogens (tertiary/aromatic N) is 1. The fourth-order valence-corrected chi connectivity index (χ4v) is 1.97. The van der Waals surface area contributed by atoms with Crippen molar-refractivity contribution >= 4 is 11.6 Å². The first-order valence-electron chi connectivity index (χ1n) is 6.34. The van der Waals surface area contributed by atoms with Crippen molar-refractivity contribution in [1.29, 1.82) is 0 Å². The van der Waals surface area contributed by atoms with Gasteiger partial charge in [0, 0.05) is 38.0 Å². The average Bonchev–Trinajstić information content (AvgIpc) is 3.24. The van der Waals surface area contributed by atoms with E-state index < -0.39 is 0 Å². The molecule has 18 heavy (non-hydrogen) atoms. The van der Waals surface area contributed by atoms with Gasteiger partial charge < -0.3 is 15.0 Å². The number of amides is 1. The third-order valence-corrected chi connectivity index (χ3v) is 3.21. The molecule has 0 aliphatic heterocycles. The maximum absolute atomic E-state index is 12.4. The van der Waals surface area contributed by atoms with E-state index in [2.05, 4.69) is 5.32 Å². The molecule has 0 spiro atoms. The van der Waals surface area contributed by atoms with Crippen LogP contribution in [0.5, 0.6) is 0 Å². The second-order valence-corrected chi connectivity index (χ2v) is 4.55. The lowest BCUT2D eigenvalue weighted by Gasteiger charge is -2.22. The molecule has 1 aliphatic rings. The third kappa shape index (κ3) is 3.01. The van der Waals surface area contributed by atoms with E-state index in [-0.39, 0.29) is 5.91 Å². The highest BCUT2D eigenvalue weighted by Gasteiger charge is 2.32. The Labute approximate surface area is 108 Å². The Balaban J connectivity index is 2.06. The van der Waals surface area contributed by atoms with Gasteiger partial charge in [-0.3, -0.25) is 4.79 Å². The molecule has 4 heteroatoms. The zero-order valence-electron chi connectivity index (χ0n) is 11.0. The molecule has 2 rings (SSSR count). The van der Waals surface area contributed by atoms with Crippen LogP contribution in [0.4, 0.5) is 5.69 Å². The first-order chi connectivity index (χ1) is 8.76. The van der Waals surface area contributed by atoms with Gasteiger partial charge in [0.2, 0.25) is 0 Å². The summed E-state index contributed by atoms with van der Waals surface area (Å²) in [6, 6.07) is 8.01. The molecule has 0 aromatic heterocycles. The van der Waals surface area contributed by atoms with E-state index in [0.717, 1.165) is 24.1 Å². The summed E-state index contributed by atoms with van der Waals surface area (Å²) in [4.78, 5) is 14.3. The van der Waals surface area contributed by atoms with Crippen molar-refractivity contribution in [2.24, 2.45) is 0 Å². The summed E-state index contributed by atoms with van der Waals surface area (Å²) in [5.41, 5.74) is 1.76. The number of rotatable bonds is 6. The molecule has 0 radical (unpaired) electrons. The molecular formula is C14H20N2O2. The summed E-state index contributed by atoms with van der Waals surface area (Å²) in [6.07, 6.45) is 2.23. The monoisotopic (exact) mass is 248 g/mol. The lowest BCUT2D eigenvalue weighted by molar-refractivity contribution is 0.0680. The van der Waals surface area contributed by atoms with Crippen LogP contribution in [-0.2, 0) is 4.74 Å². The number of ether oxygens (including phenoxy) is 1. The van der Waals surface area contributed by atoms with Crippen LogP contribution in [0.25, 0.3) is 0 Å². The SMILES string of the molecule is CNc1ccc(C(=O)N(CCOC)C2CC2)cc1. The second-order valence-electron chi connectivity index (χ2n) is 4.55. The maximum atomic E-state index is 12.4. The van der Waals surface area contributed by atoms with E-state index in [0.29, 0.717) is 19.2 Å². The molecule has 1 fully saturated rings. The first-order valence-corrected chi connectivity index (χ1v) is 6.34. The Kier molecular flexibility index (Phi) is 4.20. The number of benzene rings is 1. The van der Waals surface area contributed by atoms with Crippen molar-refractivity contribution in [2.75, 3.05) is 32.6 Å². The fraction of sp³-hybridized carbons (Fsp3) is 0.500. The first kappa shape index (κ1) is 12.9. The predicted octanol–water partition coefficient (Wildman–Crippen LogP) is 1.98. The average molecular weight is 248 g/mol. The van der Waals surface area contributed by atoms with Crippen molar-refractivity contribution < 1.29 is 9.53 Å². The Bertz CT molecular complexity index is 399. The van der Waals surface area contributed by atoms with Gasteiger partial charge in [-0.1, -0.05) is 0 Å². The topological polar surface area (TPSA) is 41.6 Å². The third-order valence-electron chi connectivity index (χ3n) is 3.21. The number of anilines is 1. The lowest BCUT2D eigenvalue weighted by Crippen LogP contribution is -2.35. The van der Waals surface area contributed by atoms with Gasteiger partial charge in [0.25, 0.3) is 5.91 Å². The zero-order valence-corrected chi connectivity index (χ0v) is 11.0. The van der Waals surface area contributed by atoms with E-state index in [1.807, 2.05) is 36.2 Å². The maximum Gasteiger partial charge on any atom is 0.254 e. The van der Waals surface area contributed by atoms with E-state index >= 15 is 0 Å². The molecule has 4 nitrogen and oxygen atoms in total. The van der Waals surface area contributed by atoms with E-state index in [1.165, 1.54) is 0 Å². The van der Waals surface area contributed by atoms with Gasteiger partial charge in [-0.2, -0.15) is 0 Å². The van der Waals surface area contributed by atoms with Crippen LogP contribution < -0.4 is 5.32 Å². The largest absolute Gasteiger partial charge is 0.388 e. The van der Waals surface area contributed by atoms with Crippen LogP contribution in [0, 0.1) is 0 Å². The molecule has 1 amide bonds. The fourth-order valence-electron chi connectivity index (χ4n) is 1.97. The molecule has 1 saturated carbocycles. The summed E-state index contributed by atoms with van der Waals surface area (Å²) >= 11 is 0. The Morgan fingerprint density at radius 2 is 2.06 bits per heavy atom. The summed E-state index contributed by atoms with van der Waals surface area (Å²) < 4.78 is 5.07. The molecule has 1 N–H and O–H groups in total. The van der Waals surface area contributed by atoms with Crippen molar-refractivity contribution in [3.05, 3.63) is 29.8 Å². The predicted molar refractivity (Wildman–Crippen MR) is 71.9 cm³/mol.